The van der Waals surface area contributed by atoms with Crippen molar-refractivity contribution in [1.29, 1.82) is 0 Å². The van der Waals surface area contributed by atoms with Gasteiger partial charge in [-0.25, -0.2) is 4.79 Å². The maximum absolute atomic E-state index is 12.1. The first-order valence-corrected chi connectivity index (χ1v) is 7.07. The molecule has 0 unspecified atom stereocenters. The fourth-order valence-corrected chi connectivity index (χ4v) is 2.51. The minimum Gasteiger partial charge on any atom is -0.481 e. The molecule has 0 radical (unpaired) electrons. The van der Waals surface area contributed by atoms with E-state index in [1.165, 1.54) is 7.11 Å². The largest absolute Gasteiger partial charge is 0.481 e. The predicted molar refractivity (Wildman–Crippen MR) is 72.7 cm³/mol. The second-order valence-electron chi connectivity index (χ2n) is 5.38. The molecular formula is C13H21N3O5. The van der Waals surface area contributed by atoms with Crippen molar-refractivity contribution in [1.82, 2.24) is 14.7 Å². The number of carboxylic acid groups (broad SMARTS) is 1. The summed E-state index contributed by atoms with van der Waals surface area (Å²) in [5, 5.41) is 8.81. The number of nitrogens with zero attached hydrogens (tertiary/aromatic N) is 3. The van der Waals surface area contributed by atoms with Crippen LogP contribution in [0.3, 0.4) is 0 Å². The molecule has 0 saturated carbocycles. The zero-order valence-electron chi connectivity index (χ0n) is 12.2. The Bertz CT molecular complexity index is 414. The van der Waals surface area contributed by atoms with Gasteiger partial charge in [0, 0.05) is 45.8 Å². The number of hydrogen-bond acceptors (Lipinski definition) is 5. The van der Waals surface area contributed by atoms with E-state index in [4.69, 9.17) is 5.11 Å². The van der Waals surface area contributed by atoms with Crippen molar-refractivity contribution in [2.24, 2.45) is 5.92 Å². The molecule has 2 amide bonds. The molecule has 0 aromatic heterocycles. The topological polar surface area (TPSA) is 90.4 Å². The van der Waals surface area contributed by atoms with E-state index in [1.807, 2.05) is 0 Å². The third kappa shape index (κ3) is 3.84. The summed E-state index contributed by atoms with van der Waals surface area (Å²) in [5.41, 5.74) is 0. The molecular weight excluding hydrogens is 278 g/mol. The highest BCUT2D eigenvalue weighted by Gasteiger charge is 2.38. The van der Waals surface area contributed by atoms with Crippen molar-refractivity contribution in [3.8, 4) is 0 Å². The van der Waals surface area contributed by atoms with Gasteiger partial charge in [0.25, 0.3) is 0 Å². The highest BCUT2D eigenvalue weighted by atomic mass is 16.5. The predicted octanol–water partition coefficient (Wildman–Crippen LogP) is -0.696. The monoisotopic (exact) mass is 299 g/mol. The van der Waals surface area contributed by atoms with Crippen LogP contribution in [0.2, 0.25) is 0 Å². The number of urea groups is 1. The summed E-state index contributed by atoms with van der Waals surface area (Å²) in [6, 6.07) is -0.0832. The number of likely N-dealkylation sites (tertiary alicyclic amines) is 1. The number of aliphatic carboxylic acids is 1. The van der Waals surface area contributed by atoms with Crippen molar-refractivity contribution in [2.75, 3.05) is 52.9 Å². The maximum Gasteiger partial charge on any atom is 0.320 e. The molecule has 2 heterocycles. The van der Waals surface area contributed by atoms with E-state index >= 15 is 0 Å². The van der Waals surface area contributed by atoms with Gasteiger partial charge >= 0.3 is 18.0 Å². The number of esters is 1. The van der Waals surface area contributed by atoms with Gasteiger partial charge in [0.15, 0.2) is 0 Å². The third-order valence-corrected chi connectivity index (χ3v) is 4.00. The van der Waals surface area contributed by atoms with Gasteiger partial charge < -0.3 is 19.6 Å². The van der Waals surface area contributed by atoms with Crippen LogP contribution >= 0.6 is 0 Å². The SMILES string of the molecule is COC(=O)CCN1CCN(C(=O)N2CC(C(=O)O)C2)CC1. The van der Waals surface area contributed by atoms with E-state index in [-0.39, 0.29) is 12.0 Å². The number of hydrogen-bond donors (Lipinski definition) is 1. The highest BCUT2D eigenvalue weighted by Crippen LogP contribution is 2.18. The lowest BCUT2D eigenvalue weighted by molar-refractivity contribution is -0.146. The molecule has 21 heavy (non-hydrogen) atoms. The Morgan fingerprint density at radius 2 is 1.71 bits per heavy atom. The third-order valence-electron chi connectivity index (χ3n) is 4.00. The molecule has 2 rings (SSSR count). The Labute approximate surface area is 123 Å². The summed E-state index contributed by atoms with van der Waals surface area (Å²) in [5.74, 6) is -1.49. The average Bonchev–Trinajstić information content (AvgIpc) is 2.43. The van der Waals surface area contributed by atoms with E-state index in [0.717, 1.165) is 13.1 Å². The molecule has 1 N–H and O–H groups in total. The number of carboxylic acids is 1. The summed E-state index contributed by atoms with van der Waals surface area (Å²) in [6.45, 7) is 3.90. The molecule has 8 heteroatoms. The minimum absolute atomic E-state index is 0.0832. The van der Waals surface area contributed by atoms with Gasteiger partial charge in [-0.3, -0.25) is 14.5 Å². The van der Waals surface area contributed by atoms with Crippen LogP contribution in [0.5, 0.6) is 0 Å². The van der Waals surface area contributed by atoms with E-state index in [2.05, 4.69) is 9.64 Å². The van der Waals surface area contributed by atoms with Gasteiger partial charge in [0.05, 0.1) is 19.4 Å². The molecule has 0 spiro atoms. The summed E-state index contributed by atoms with van der Waals surface area (Å²) in [4.78, 5) is 39.4. The number of carbonyl (C=O) groups is 3. The Morgan fingerprint density at radius 1 is 1.10 bits per heavy atom. The summed E-state index contributed by atoms with van der Waals surface area (Å²) < 4.78 is 4.60. The molecule has 0 aliphatic carbocycles. The molecule has 0 aromatic carbocycles. The van der Waals surface area contributed by atoms with Crippen LogP contribution < -0.4 is 0 Å². The molecule has 8 nitrogen and oxygen atoms in total. The first-order valence-electron chi connectivity index (χ1n) is 7.07. The smallest absolute Gasteiger partial charge is 0.320 e. The number of rotatable bonds is 4. The molecule has 2 saturated heterocycles. The average molecular weight is 299 g/mol. The lowest BCUT2D eigenvalue weighted by Gasteiger charge is -2.42. The minimum atomic E-state index is -0.841. The van der Waals surface area contributed by atoms with Gasteiger partial charge in [-0.15, -0.1) is 0 Å². The summed E-state index contributed by atoms with van der Waals surface area (Å²) >= 11 is 0. The molecule has 0 bridgehead atoms. The van der Waals surface area contributed by atoms with Crippen LogP contribution in [0.4, 0.5) is 4.79 Å². The van der Waals surface area contributed by atoms with Crippen LogP contribution in [0, 0.1) is 5.92 Å². The zero-order valence-corrected chi connectivity index (χ0v) is 12.2. The van der Waals surface area contributed by atoms with Crippen LogP contribution in [0.25, 0.3) is 0 Å². The first-order chi connectivity index (χ1) is 10.0. The number of amides is 2. The second-order valence-corrected chi connectivity index (χ2v) is 5.38. The van der Waals surface area contributed by atoms with Crippen molar-refractivity contribution in [2.45, 2.75) is 6.42 Å². The first kappa shape index (κ1) is 15.6. The maximum atomic E-state index is 12.1. The zero-order chi connectivity index (χ0) is 15.4. The van der Waals surface area contributed by atoms with Crippen LogP contribution in [0.1, 0.15) is 6.42 Å². The summed E-state index contributed by atoms with van der Waals surface area (Å²) in [6.07, 6.45) is 0.358. The second kappa shape index (κ2) is 6.75. The van der Waals surface area contributed by atoms with Crippen molar-refractivity contribution < 1.29 is 24.2 Å². The quantitative estimate of drug-likeness (QED) is 0.691. The fraction of sp³-hybridized carbons (Fsp3) is 0.769. The Kier molecular flexibility index (Phi) is 5.00. The number of methoxy groups -OCH3 is 1. The number of carbonyl (C=O) groups excluding carboxylic acids is 2. The standard InChI is InChI=1S/C13H21N3O5/c1-21-11(17)2-3-14-4-6-15(7-5-14)13(20)16-8-10(9-16)12(18)19/h10H,2-9H2,1H3,(H,18,19). The Balaban J connectivity index is 1.68. The highest BCUT2D eigenvalue weighted by molar-refractivity contribution is 5.80. The Morgan fingerprint density at radius 3 is 2.24 bits per heavy atom. The van der Waals surface area contributed by atoms with Gasteiger partial charge in [-0.2, -0.15) is 0 Å². The van der Waals surface area contributed by atoms with Crippen LogP contribution in [-0.2, 0) is 14.3 Å². The van der Waals surface area contributed by atoms with Crippen LogP contribution in [-0.4, -0.2) is 90.7 Å². The van der Waals surface area contributed by atoms with E-state index in [1.54, 1.807) is 9.80 Å². The summed E-state index contributed by atoms with van der Waals surface area (Å²) in [7, 11) is 1.37. The van der Waals surface area contributed by atoms with Gasteiger partial charge in [-0.1, -0.05) is 0 Å². The molecule has 2 aliphatic heterocycles. The number of ether oxygens (including phenoxy) is 1. The lowest BCUT2D eigenvalue weighted by atomic mass is 10.0. The molecule has 118 valence electrons. The van der Waals surface area contributed by atoms with Crippen LogP contribution in [0.15, 0.2) is 0 Å². The van der Waals surface area contributed by atoms with E-state index in [9.17, 15) is 14.4 Å². The molecule has 0 aromatic rings. The Hall–Kier alpha value is -1.83. The van der Waals surface area contributed by atoms with Crippen molar-refractivity contribution >= 4 is 18.0 Å². The van der Waals surface area contributed by atoms with Crippen molar-refractivity contribution in [3.63, 3.8) is 0 Å². The lowest BCUT2D eigenvalue weighted by Crippen LogP contribution is -2.60. The van der Waals surface area contributed by atoms with Gasteiger partial charge in [0.1, 0.15) is 0 Å². The normalized spacial score (nSPS) is 20.0. The van der Waals surface area contributed by atoms with E-state index in [0.29, 0.717) is 39.1 Å². The van der Waals surface area contributed by atoms with E-state index < -0.39 is 11.9 Å². The molecule has 2 aliphatic rings. The fourth-order valence-electron chi connectivity index (χ4n) is 2.51. The van der Waals surface area contributed by atoms with Gasteiger partial charge in [0.2, 0.25) is 0 Å². The molecule has 2 fully saturated rings. The van der Waals surface area contributed by atoms with Crippen molar-refractivity contribution in [3.05, 3.63) is 0 Å². The molecule has 0 atom stereocenters. The number of piperazine rings is 1. The van der Waals surface area contributed by atoms with Gasteiger partial charge in [-0.05, 0) is 0 Å².